The maximum Gasteiger partial charge on any atom is 0.160 e. The maximum absolute atomic E-state index is 5.79. The molecule has 1 aromatic carbocycles. The second-order valence-corrected chi connectivity index (χ2v) is 5.17. The number of benzene rings is 1. The van der Waals surface area contributed by atoms with Gasteiger partial charge in [0.1, 0.15) is 0 Å². The molecule has 0 unspecified atom stereocenters. The smallest absolute Gasteiger partial charge is 0.160 e. The largest absolute Gasteiger partial charge is 0.397 e. The molecule has 0 aliphatic rings. The predicted molar refractivity (Wildman–Crippen MR) is 75.3 cm³/mol. The molecule has 0 saturated carbocycles. The number of nitrogen functional groups attached to an aromatic ring is 1. The van der Waals surface area contributed by atoms with Gasteiger partial charge in [-0.25, -0.2) is 9.61 Å². The molecule has 7 heteroatoms. The SMILES string of the molecule is Cc1csc(CCNc2ccc(N)c3nonc23)n1. The fourth-order valence-corrected chi connectivity index (χ4v) is 2.63. The molecular weight excluding hydrogens is 262 g/mol. The number of aryl methyl sites for hydroxylation is 1. The Labute approximate surface area is 113 Å². The summed E-state index contributed by atoms with van der Waals surface area (Å²) in [6.07, 6.45) is 0.871. The molecule has 0 atom stereocenters. The average Bonchev–Trinajstić information content (AvgIpc) is 3.02. The van der Waals surface area contributed by atoms with Gasteiger partial charge < -0.3 is 11.1 Å². The molecule has 2 aromatic heterocycles. The molecule has 0 spiro atoms. The van der Waals surface area contributed by atoms with Gasteiger partial charge in [-0.3, -0.25) is 0 Å². The highest BCUT2D eigenvalue weighted by molar-refractivity contribution is 7.09. The van der Waals surface area contributed by atoms with Gasteiger partial charge in [0.2, 0.25) is 0 Å². The number of nitrogens with two attached hydrogens (primary N) is 1. The van der Waals surface area contributed by atoms with Crippen LogP contribution in [0.4, 0.5) is 11.4 Å². The van der Waals surface area contributed by atoms with E-state index in [1.807, 2.05) is 13.0 Å². The summed E-state index contributed by atoms with van der Waals surface area (Å²) < 4.78 is 4.72. The lowest BCUT2D eigenvalue weighted by Gasteiger charge is -2.05. The molecule has 3 rings (SSSR count). The lowest BCUT2D eigenvalue weighted by atomic mass is 10.2. The summed E-state index contributed by atoms with van der Waals surface area (Å²) in [7, 11) is 0. The van der Waals surface area contributed by atoms with E-state index in [9.17, 15) is 0 Å². The second-order valence-electron chi connectivity index (χ2n) is 4.22. The van der Waals surface area contributed by atoms with Gasteiger partial charge in [0.15, 0.2) is 11.0 Å². The van der Waals surface area contributed by atoms with Gasteiger partial charge in [-0.1, -0.05) is 0 Å². The zero-order valence-corrected chi connectivity index (χ0v) is 11.2. The summed E-state index contributed by atoms with van der Waals surface area (Å²) in [5, 5.41) is 14.1. The van der Waals surface area contributed by atoms with Crippen LogP contribution >= 0.6 is 11.3 Å². The van der Waals surface area contributed by atoms with Crippen LogP contribution in [0.1, 0.15) is 10.7 Å². The number of nitrogens with zero attached hydrogens (tertiary/aromatic N) is 3. The van der Waals surface area contributed by atoms with Gasteiger partial charge in [0.25, 0.3) is 0 Å². The van der Waals surface area contributed by atoms with Crippen LogP contribution in [0.5, 0.6) is 0 Å². The van der Waals surface area contributed by atoms with E-state index in [4.69, 9.17) is 10.4 Å². The van der Waals surface area contributed by atoms with Gasteiger partial charge in [0, 0.05) is 24.0 Å². The minimum atomic E-state index is 0.567. The molecule has 2 heterocycles. The molecule has 6 nitrogen and oxygen atoms in total. The van der Waals surface area contributed by atoms with Gasteiger partial charge in [-0.15, -0.1) is 11.3 Å². The first-order valence-corrected chi connectivity index (χ1v) is 6.77. The summed E-state index contributed by atoms with van der Waals surface area (Å²) in [6, 6.07) is 3.68. The molecule has 98 valence electrons. The van der Waals surface area contributed by atoms with Gasteiger partial charge in [-0.2, -0.15) is 0 Å². The van der Waals surface area contributed by atoms with Crippen LogP contribution in [-0.4, -0.2) is 21.8 Å². The number of aromatic nitrogens is 3. The lowest BCUT2D eigenvalue weighted by molar-refractivity contribution is 0.316. The number of thiazole rings is 1. The molecule has 0 bridgehead atoms. The quantitative estimate of drug-likeness (QED) is 0.710. The van der Waals surface area contributed by atoms with E-state index in [1.165, 1.54) is 0 Å². The van der Waals surface area contributed by atoms with E-state index >= 15 is 0 Å². The van der Waals surface area contributed by atoms with Crippen molar-refractivity contribution in [1.82, 2.24) is 15.3 Å². The van der Waals surface area contributed by atoms with Crippen molar-refractivity contribution in [3.8, 4) is 0 Å². The highest BCUT2D eigenvalue weighted by Crippen LogP contribution is 2.25. The Bertz CT molecular complexity index is 705. The fraction of sp³-hybridized carbons (Fsp3) is 0.250. The van der Waals surface area contributed by atoms with Crippen molar-refractivity contribution in [3.63, 3.8) is 0 Å². The Balaban J connectivity index is 1.72. The molecule has 0 aliphatic heterocycles. The van der Waals surface area contributed by atoms with Crippen LogP contribution < -0.4 is 11.1 Å². The molecule has 0 amide bonds. The highest BCUT2D eigenvalue weighted by atomic mass is 32.1. The van der Waals surface area contributed by atoms with Crippen molar-refractivity contribution in [3.05, 3.63) is 28.2 Å². The first kappa shape index (κ1) is 11.9. The standard InChI is InChI=1S/C12H13N5OS/c1-7-6-19-10(15-7)4-5-14-9-3-2-8(13)11-12(9)17-18-16-11/h2-3,6,14H,4-5,13H2,1H3. The zero-order chi connectivity index (χ0) is 13.2. The summed E-state index contributed by atoms with van der Waals surface area (Å²) in [4.78, 5) is 4.42. The molecule has 3 N–H and O–H groups in total. The Morgan fingerprint density at radius 1 is 1.32 bits per heavy atom. The highest BCUT2D eigenvalue weighted by Gasteiger charge is 2.09. The van der Waals surface area contributed by atoms with Crippen molar-refractivity contribution in [2.24, 2.45) is 0 Å². The average molecular weight is 275 g/mol. The van der Waals surface area contributed by atoms with Crippen molar-refractivity contribution >= 4 is 33.7 Å². The van der Waals surface area contributed by atoms with Gasteiger partial charge >= 0.3 is 0 Å². The molecule has 0 radical (unpaired) electrons. The summed E-state index contributed by atoms with van der Waals surface area (Å²) in [6.45, 7) is 2.77. The Morgan fingerprint density at radius 2 is 2.16 bits per heavy atom. The first-order valence-electron chi connectivity index (χ1n) is 5.89. The second kappa shape index (κ2) is 4.85. The van der Waals surface area contributed by atoms with E-state index in [0.29, 0.717) is 16.7 Å². The number of rotatable bonds is 4. The summed E-state index contributed by atoms with van der Waals surface area (Å²) in [5.41, 5.74) is 9.55. The number of fused-ring (bicyclic) bond motifs is 1. The Hall–Kier alpha value is -2.15. The van der Waals surface area contributed by atoms with Crippen LogP contribution in [0.25, 0.3) is 11.0 Å². The lowest BCUT2D eigenvalue weighted by Crippen LogP contribution is -2.05. The molecule has 0 aliphatic carbocycles. The number of hydrogen-bond acceptors (Lipinski definition) is 7. The van der Waals surface area contributed by atoms with Crippen LogP contribution in [0.3, 0.4) is 0 Å². The summed E-state index contributed by atoms with van der Waals surface area (Å²) in [5.74, 6) is 0. The number of nitrogens with one attached hydrogen (secondary N) is 1. The molecule has 3 aromatic rings. The van der Waals surface area contributed by atoms with Crippen molar-refractivity contribution in [1.29, 1.82) is 0 Å². The van der Waals surface area contributed by atoms with E-state index < -0.39 is 0 Å². The van der Waals surface area contributed by atoms with E-state index in [-0.39, 0.29) is 0 Å². The Morgan fingerprint density at radius 3 is 2.95 bits per heavy atom. The predicted octanol–water partition coefficient (Wildman–Crippen LogP) is 2.22. The molecule has 19 heavy (non-hydrogen) atoms. The van der Waals surface area contributed by atoms with Gasteiger partial charge in [0.05, 0.1) is 16.4 Å². The maximum atomic E-state index is 5.79. The van der Waals surface area contributed by atoms with Gasteiger partial charge in [-0.05, 0) is 29.4 Å². The van der Waals surface area contributed by atoms with Crippen molar-refractivity contribution < 1.29 is 4.63 Å². The monoisotopic (exact) mass is 275 g/mol. The third-order valence-electron chi connectivity index (χ3n) is 2.77. The van der Waals surface area contributed by atoms with Crippen LogP contribution in [0, 0.1) is 6.92 Å². The Kier molecular flexibility index (Phi) is 3.04. The normalized spacial score (nSPS) is 11.0. The van der Waals surface area contributed by atoms with Crippen molar-refractivity contribution in [2.45, 2.75) is 13.3 Å². The topological polar surface area (TPSA) is 89.9 Å². The third kappa shape index (κ3) is 2.37. The van der Waals surface area contributed by atoms with E-state index in [1.54, 1.807) is 17.4 Å². The minimum absolute atomic E-state index is 0.567. The fourth-order valence-electron chi connectivity index (χ4n) is 1.85. The first-order chi connectivity index (χ1) is 9.24. The zero-order valence-electron chi connectivity index (χ0n) is 10.4. The third-order valence-corrected chi connectivity index (χ3v) is 3.79. The summed E-state index contributed by atoms with van der Waals surface area (Å²) >= 11 is 1.67. The van der Waals surface area contributed by atoms with Crippen LogP contribution in [0.2, 0.25) is 0 Å². The van der Waals surface area contributed by atoms with Crippen LogP contribution in [0.15, 0.2) is 22.1 Å². The molecular formula is C12H13N5OS. The molecule has 0 saturated heterocycles. The van der Waals surface area contributed by atoms with E-state index in [2.05, 4.69) is 26.0 Å². The van der Waals surface area contributed by atoms with E-state index in [0.717, 1.165) is 29.4 Å². The van der Waals surface area contributed by atoms with Crippen molar-refractivity contribution in [2.75, 3.05) is 17.6 Å². The number of hydrogen-bond donors (Lipinski definition) is 2. The number of anilines is 2. The van der Waals surface area contributed by atoms with Crippen LogP contribution in [-0.2, 0) is 6.42 Å². The molecule has 0 fully saturated rings. The minimum Gasteiger partial charge on any atom is -0.397 e.